The maximum absolute atomic E-state index is 10.9. The number of carboxylic acids is 1. The Bertz CT molecular complexity index is 575. The normalized spacial score (nSPS) is 12.3. The summed E-state index contributed by atoms with van der Waals surface area (Å²) < 4.78 is 5.34. The molecule has 0 radical (unpaired) electrons. The third-order valence-electron chi connectivity index (χ3n) is 3.30. The second kappa shape index (κ2) is 6.39. The third kappa shape index (κ3) is 3.27. The van der Waals surface area contributed by atoms with Crippen LogP contribution in [0.1, 0.15) is 46.8 Å². The van der Waals surface area contributed by atoms with Crippen molar-refractivity contribution in [2.45, 2.75) is 32.9 Å². The van der Waals surface area contributed by atoms with E-state index in [1.165, 1.54) is 5.56 Å². The summed E-state index contributed by atoms with van der Waals surface area (Å²) in [6.07, 6.45) is 0.954. The zero-order valence-corrected chi connectivity index (χ0v) is 11.7. The second-order valence-electron chi connectivity index (χ2n) is 4.78. The van der Waals surface area contributed by atoms with Crippen LogP contribution < -0.4 is 5.32 Å². The molecule has 0 fully saturated rings. The minimum absolute atomic E-state index is 0.0227. The first-order valence-corrected chi connectivity index (χ1v) is 6.72. The van der Waals surface area contributed by atoms with Crippen LogP contribution in [0.3, 0.4) is 0 Å². The van der Waals surface area contributed by atoms with Crippen LogP contribution in [0.25, 0.3) is 0 Å². The zero-order valence-electron chi connectivity index (χ0n) is 11.7. The Morgan fingerprint density at radius 1 is 1.35 bits per heavy atom. The molecule has 0 aliphatic rings. The zero-order chi connectivity index (χ0) is 14.5. The molecule has 4 heteroatoms. The van der Waals surface area contributed by atoms with Gasteiger partial charge in [0, 0.05) is 11.6 Å². The molecular formula is C16H19NO3. The highest BCUT2D eigenvalue weighted by Crippen LogP contribution is 2.19. The molecule has 1 atom stereocenters. The van der Waals surface area contributed by atoms with E-state index in [9.17, 15) is 4.79 Å². The van der Waals surface area contributed by atoms with E-state index >= 15 is 0 Å². The minimum atomic E-state index is -1.02. The molecule has 1 unspecified atom stereocenters. The van der Waals surface area contributed by atoms with Crippen molar-refractivity contribution in [2.75, 3.05) is 0 Å². The quantitative estimate of drug-likeness (QED) is 0.845. The minimum Gasteiger partial charge on any atom is -0.475 e. The molecule has 1 aromatic heterocycles. The first-order valence-electron chi connectivity index (χ1n) is 6.72. The van der Waals surface area contributed by atoms with Gasteiger partial charge in [-0.3, -0.25) is 0 Å². The molecule has 2 aromatic rings. The van der Waals surface area contributed by atoms with Gasteiger partial charge in [-0.2, -0.15) is 0 Å². The molecule has 2 N–H and O–H groups in total. The van der Waals surface area contributed by atoms with Crippen molar-refractivity contribution < 1.29 is 14.3 Å². The number of rotatable bonds is 6. The molecule has 1 heterocycles. The maximum atomic E-state index is 10.9. The molecule has 4 nitrogen and oxygen atoms in total. The van der Waals surface area contributed by atoms with Crippen LogP contribution in [-0.4, -0.2) is 11.1 Å². The summed E-state index contributed by atoms with van der Waals surface area (Å²) in [7, 11) is 0. The Morgan fingerprint density at radius 3 is 2.60 bits per heavy atom. The van der Waals surface area contributed by atoms with Crippen LogP contribution in [0.15, 0.2) is 40.8 Å². The molecule has 2 rings (SSSR count). The van der Waals surface area contributed by atoms with Gasteiger partial charge in [-0.05, 0) is 25.0 Å². The van der Waals surface area contributed by atoms with E-state index in [0.717, 1.165) is 6.42 Å². The smallest absolute Gasteiger partial charge is 0.372 e. The van der Waals surface area contributed by atoms with Gasteiger partial charge in [-0.1, -0.05) is 37.3 Å². The van der Waals surface area contributed by atoms with Crippen molar-refractivity contribution >= 4 is 5.97 Å². The number of hydrogen-bond acceptors (Lipinski definition) is 3. The summed E-state index contributed by atoms with van der Waals surface area (Å²) in [6.45, 7) is 4.37. The van der Waals surface area contributed by atoms with Gasteiger partial charge in [0.15, 0.2) is 0 Å². The van der Waals surface area contributed by atoms with Crippen molar-refractivity contribution in [3.63, 3.8) is 0 Å². The first-order chi connectivity index (χ1) is 9.61. The predicted octanol–water partition coefficient (Wildman–Crippen LogP) is 3.53. The summed E-state index contributed by atoms with van der Waals surface area (Å²) in [5.74, 6) is -0.354. The van der Waals surface area contributed by atoms with Crippen molar-refractivity contribution in [1.82, 2.24) is 5.32 Å². The lowest BCUT2D eigenvalue weighted by Crippen LogP contribution is -2.19. The Morgan fingerprint density at radius 2 is 2.05 bits per heavy atom. The van der Waals surface area contributed by atoms with Crippen molar-refractivity contribution in [3.8, 4) is 0 Å². The molecule has 20 heavy (non-hydrogen) atoms. The fourth-order valence-corrected chi connectivity index (χ4v) is 2.25. The van der Waals surface area contributed by atoms with E-state index in [4.69, 9.17) is 9.52 Å². The van der Waals surface area contributed by atoms with E-state index in [-0.39, 0.29) is 11.8 Å². The number of aryl methyl sites for hydroxylation is 1. The fourth-order valence-electron chi connectivity index (χ4n) is 2.25. The fraction of sp³-hybridized carbons (Fsp3) is 0.312. The molecule has 0 spiro atoms. The van der Waals surface area contributed by atoms with E-state index < -0.39 is 5.97 Å². The summed E-state index contributed by atoms with van der Waals surface area (Å²) in [4.78, 5) is 10.9. The molecule has 0 aliphatic heterocycles. The Kier molecular flexibility index (Phi) is 4.58. The largest absolute Gasteiger partial charge is 0.475 e. The van der Waals surface area contributed by atoms with Crippen LogP contribution in [0, 0.1) is 6.92 Å². The van der Waals surface area contributed by atoms with Gasteiger partial charge < -0.3 is 14.8 Å². The predicted molar refractivity (Wildman–Crippen MR) is 76.7 cm³/mol. The monoisotopic (exact) mass is 273 g/mol. The lowest BCUT2D eigenvalue weighted by molar-refractivity contribution is 0.0659. The van der Waals surface area contributed by atoms with Gasteiger partial charge in [0.25, 0.3) is 0 Å². The number of aromatic carboxylic acids is 1. The van der Waals surface area contributed by atoms with E-state index in [1.807, 2.05) is 18.2 Å². The van der Waals surface area contributed by atoms with Gasteiger partial charge in [0.1, 0.15) is 5.76 Å². The Labute approximate surface area is 118 Å². The number of carboxylic acid groups (broad SMARTS) is 1. The highest BCUT2D eigenvalue weighted by Gasteiger charge is 2.15. The van der Waals surface area contributed by atoms with E-state index in [2.05, 4.69) is 24.4 Å². The van der Waals surface area contributed by atoms with Gasteiger partial charge in [0.05, 0.1) is 6.54 Å². The maximum Gasteiger partial charge on any atom is 0.372 e. The summed E-state index contributed by atoms with van der Waals surface area (Å²) in [5, 5.41) is 12.4. The standard InChI is InChI=1S/C16H19NO3/c1-3-14(12-7-5-4-6-8-12)17-10-13-9-11(2)15(20-13)16(18)19/h4-9,14,17H,3,10H2,1-2H3,(H,18,19). The molecule has 1 aromatic carbocycles. The van der Waals surface area contributed by atoms with Gasteiger partial charge in [-0.15, -0.1) is 0 Å². The molecule has 0 bridgehead atoms. The average Bonchev–Trinajstić information content (AvgIpc) is 2.82. The Hall–Kier alpha value is -2.07. The summed E-state index contributed by atoms with van der Waals surface area (Å²) >= 11 is 0. The van der Waals surface area contributed by atoms with Gasteiger partial charge >= 0.3 is 5.97 Å². The molecular weight excluding hydrogens is 254 g/mol. The number of hydrogen-bond donors (Lipinski definition) is 2. The SMILES string of the molecule is CCC(NCc1cc(C)c(C(=O)O)o1)c1ccccc1. The summed E-state index contributed by atoms with van der Waals surface area (Å²) in [5.41, 5.74) is 1.87. The average molecular weight is 273 g/mol. The number of carbonyl (C=O) groups is 1. The molecule has 0 saturated heterocycles. The van der Waals surface area contributed by atoms with Gasteiger partial charge in [0.2, 0.25) is 5.76 Å². The Balaban J connectivity index is 2.04. The van der Waals surface area contributed by atoms with Crippen LogP contribution >= 0.6 is 0 Å². The van der Waals surface area contributed by atoms with Crippen molar-refractivity contribution in [3.05, 3.63) is 59.0 Å². The number of benzene rings is 1. The number of furan rings is 1. The van der Waals surface area contributed by atoms with E-state index in [0.29, 0.717) is 17.9 Å². The number of nitrogens with one attached hydrogen (secondary N) is 1. The van der Waals surface area contributed by atoms with Crippen LogP contribution in [0.2, 0.25) is 0 Å². The molecule has 0 amide bonds. The lowest BCUT2D eigenvalue weighted by Gasteiger charge is -2.16. The van der Waals surface area contributed by atoms with Crippen molar-refractivity contribution in [1.29, 1.82) is 0 Å². The second-order valence-corrected chi connectivity index (χ2v) is 4.78. The molecule has 106 valence electrons. The van der Waals surface area contributed by atoms with Crippen molar-refractivity contribution in [2.24, 2.45) is 0 Å². The summed E-state index contributed by atoms with van der Waals surface area (Å²) in [6, 6.07) is 12.2. The highest BCUT2D eigenvalue weighted by molar-refractivity contribution is 5.86. The van der Waals surface area contributed by atoms with Crippen LogP contribution in [0.5, 0.6) is 0 Å². The lowest BCUT2D eigenvalue weighted by atomic mass is 10.0. The van der Waals surface area contributed by atoms with Gasteiger partial charge in [-0.25, -0.2) is 4.79 Å². The highest BCUT2D eigenvalue weighted by atomic mass is 16.4. The van der Waals surface area contributed by atoms with E-state index in [1.54, 1.807) is 13.0 Å². The van der Waals surface area contributed by atoms with Crippen LogP contribution in [-0.2, 0) is 6.54 Å². The van der Waals surface area contributed by atoms with Crippen LogP contribution in [0.4, 0.5) is 0 Å². The topological polar surface area (TPSA) is 62.5 Å². The molecule has 0 saturated carbocycles. The third-order valence-corrected chi connectivity index (χ3v) is 3.30. The first kappa shape index (κ1) is 14.3. The molecule has 0 aliphatic carbocycles.